The average molecular weight is 299 g/mol. The lowest BCUT2D eigenvalue weighted by Crippen LogP contribution is -2.34. The number of nitrogens with two attached hydrogens (primary N) is 1. The normalized spacial score (nSPS) is 13.7. The number of sulfonamides is 1. The Morgan fingerprint density at radius 1 is 1.50 bits per heavy atom. The summed E-state index contributed by atoms with van der Waals surface area (Å²) in [6.45, 7) is -0.0508. The van der Waals surface area contributed by atoms with Crippen molar-refractivity contribution in [3.05, 3.63) is 24.4 Å². The Balaban J connectivity index is 2.24. The van der Waals surface area contributed by atoms with Gasteiger partial charge in [0.1, 0.15) is 4.90 Å². The number of anilines is 1. The van der Waals surface area contributed by atoms with Crippen LogP contribution in [0.1, 0.15) is 0 Å². The minimum Gasteiger partial charge on any atom is -0.399 e. The Morgan fingerprint density at radius 2 is 2.25 bits per heavy atom. The molecular formula is C12H17N3O4S. The molecule has 20 heavy (non-hydrogen) atoms. The molecule has 1 heterocycles. The lowest BCUT2D eigenvalue weighted by atomic mass is 10.2. The summed E-state index contributed by atoms with van der Waals surface area (Å²) in [5.74, 6) is 0. The standard InChI is InChI=1S/C12H17N3O4S/c1-19-7-9(16)5-15-20(17,18)12-6-14-11-4-8(13)2-3-10(11)12/h2-4,6,9,14-16H,5,7,13H2,1H3. The molecule has 1 aromatic heterocycles. The van der Waals surface area contributed by atoms with E-state index >= 15 is 0 Å². The summed E-state index contributed by atoms with van der Waals surface area (Å²) in [7, 11) is -2.28. The number of ether oxygens (including phenoxy) is 1. The van der Waals surface area contributed by atoms with E-state index in [9.17, 15) is 13.5 Å². The number of methoxy groups -OCH3 is 1. The molecule has 0 saturated carbocycles. The first kappa shape index (κ1) is 14.8. The fraction of sp³-hybridized carbons (Fsp3) is 0.333. The molecular weight excluding hydrogens is 282 g/mol. The summed E-state index contributed by atoms with van der Waals surface area (Å²) in [4.78, 5) is 2.98. The molecule has 7 nitrogen and oxygen atoms in total. The van der Waals surface area contributed by atoms with Crippen LogP contribution in [0.3, 0.4) is 0 Å². The van der Waals surface area contributed by atoms with E-state index < -0.39 is 16.1 Å². The molecule has 0 spiro atoms. The number of aromatic nitrogens is 1. The summed E-state index contributed by atoms with van der Waals surface area (Å²) in [5.41, 5.74) is 6.83. The zero-order valence-corrected chi connectivity index (χ0v) is 11.8. The summed E-state index contributed by atoms with van der Waals surface area (Å²) in [6, 6.07) is 4.93. The van der Waals surface area contributed by atoms with E-state index in [0.717, 1.165) is 0 Å². The van der Waals surface area contributed by atoms with Crippen molar-refractivity contribution in [1.29, 1.82) is 0 Å². The van der Waals surface area contributed by atoms with E-state index in [-0.39, 0.29) is 18.0 Å². The molecule has 0 bridgehead atoms. The molecule has 110 valence electrons. The average Bonchev–Trinajstić information content (AvgIpc) is 2.80. The van der Waals surface area contributed by atoms with Crippen molar-refractivity contribution in [2.24, 2.45) is 0 Å². The van der Waals surface area contributed by atoms with Crippen LogP contribution in [0.2, 0.25) is 0 Å². The summed E-state index contributed by atoms with van der Waals surface area (Å²) >= 11 is 0. The van der Waals surface area contributed by atoms with Crippen molar-refractivity contribution in [2.75, 3.05) is 26.0 Å². The van der Waals surface area contributed by atoms with Gasteiger partial charge >= 0.3 is 0 Å². The molecule has 8 heteroatoms. The second-order valence-electron chi connectivity index (χ2n) is 4.42. The van der Waals surface area contributed by atoms with E-state index in [0.29, 0.717) is 16.6 Å². The smallest absolute Gasteiger partial charge is 0.242 e. The highest BCUT2D eigenvalue weighted by molar-refractivity contribution is 7.89. The molecule has 0 aliphatic rings. The first-order valence-corrected chi connectivity index (χ1v) is 7.45. The summed E-state index contributed by atoms with van der Waals surface area (Å²) in [6.07, 6.45) is 0.505. The fourth-order valence-electron chi connectivity index (χ4n) is 1.87. The molecule has 0 aliphatic heterocycles. The largest absolute Gasteiger partial charge is 0.399 e. The van der Waals surface area contributed by atoms with E-state index in [1.165, 1.54) is 13.3 Å². The quantitative estimate of drug-likeness (QED) is 0.562. The topological polar surface area (TPSA) is 117 Å². The van der Waals surface area contributed by atoms with Crippen LogP contribution in [0.15, 0.2) is 29.3 Å². The van der Waals surface area contributed by atoms with Gasteiger partial charge in [-0.2, -0.15) is 0 Å². The minimum atomic E-state index is -3.71. The maximum absolute atomic E-state index is 12.2. The number of aliphatic hydroxyl groups is 1. The predicted molar refractivity (Wildman–Crippen MR) is 75.8 cm³/mol. The number of benzene rings is 1. The lowest BCUT2D eigenvalue weighted by molar-refractivity contribution is 0.0679. The third-order valence-electron chi connectivity index (χ3n) is 2.83. The second kappa shape index (κ2) is 5.80. The van der Waals surface area contributed by atoms with Gasteiger partial charge in [-0.05, 0) is 18.2 Å². The molecule has 5 N–H and O–H groups in total. The molecule has 1 atom stereocenters. The molecule has 0 aliphatic carbocycles. The number of hydrogen-bond acceptors (Lipinski definition) is 5. The lowest BCUT2D eigenvalue weighted by Gasteiger charge is -2.10. The van der Waals surface area contributed by atoms with Crippen LogP contribution < -0.4 is 10.5 Å². The molecule has 1 unspecified atom stereocenters. The van der Waals surface area contributed by atoms with Gasteiger partial charge in [0, 0.05) is 36.4 Å². The first-order chi connectivity index (χ1) is 9.44. The first-order valence-electron chi connectivity index (χ1n) is 5.97. The van der Waals surface area contributed by atoms with Crippen LogP contribution in [-0.2, 0) is 14.8 Å². The van der Waals surface area contributed by atoms with E-state index in [4.69, 9.17) is 10.5 Å². The van der Waals surface area contributed by atoms with Gasteiger partial charge < -0.3 is 20.6 Å². The van der Waals surface area contributed by atoms with Gasteiger partial charge in [0.15, 0.2) is 0 Å². The van der Waals surface area contributed by atoms with Gasteiger partial charge in [0.25, 0.3) is 0 Å². The molecule has 0 amide bonds. The number of aromatic amines is 1. The van der Waals surface area contributed by atoms with Gasteiger partial charge in [-0.15, -0.1) is 0 Å². The Bertz CT molecular complexity index is 696. The van der Waals surface area contributed by atoms with Crippen LogP contribution in [0, 0.1) is 0 Å². The number of aliphatic hydroxyl groups excluding tert-OH is 1. The highest BCUT2D eigenvalue weighted by Crippen LogP contribution is 2.24. The highest BCUT2D eigenvalue weighted by atomic mass is 32.2. The van der Waals surface area contributed by atoms with Crippen molar-refractivity contribution in [3.8, 4) is 0 Å². The van der Waals surface area contributed by atoms with Crippen molar-refractivity contribution in [3.63, 3.8) is 0 Å². The monoisotopic (exact) mass is 299 g/mol. The maximum Gasteiger partial charge on any atom is 0.242 e. The third kappa shape index (κ3) is 3.10. The molecule has 0 fully saturated rings. The Hall–Kier alpha value is -1.61. The summed E-state index contributed by atoms with van der Waals surface area (Å²) in [5, 5.41) is 10.0. The van der Waals surface area contributed by atoms with E-state index in [2.05, 4.69) is 9.71 Å². The third-order valence-corrected chi connectivity index (χ3v) is 4.29. The zero-order valence-electron chi connectivity index (χ0n) is 11.0. The fourth-order valence-corrected chi connectivity index (χ4v) is 3.12. The van der Waals surface area contributed by atoms with Crippen LogP contribution in [-0.4, -0.2) is 44.9 Å². The zero-order chi connectivity index (χ0) is 14.8. The number of hydrogen-bond donors (Lipinski definition) is 4. The van der Waals surface area contributed by atoms with Crippen molar-refractivity contribution < 1.29 is 18.3 Å². The number of H-pyrrole nitrogens is 1. The number of nitrogen functional groups attached to an aromatic ring is 1. The van der Waals surface area contributed by atoms with Crippen LogP contribution >= 0.6 is 0 Å². The van der Waals surface area contributed by atoms with Gasteiger partial charge in [-0.25, -0.2) is 13.1 Å². The minimum absolute atomic E-state index is 0.0624. The van der Waals surface area contributed by atoms with E-state index in [1.807, 2.05) is 0 Å². The van der Waals surface area contributed by atoms with Crippen LogP contribution in [0.25, 0.3) is 10.9 Å². The van der Waals surface area contributed by atoms with Crippen LogP contribution in [0.4, 0.5) is 5.69 Å². The molecule has 2 rings (SSSR count). The highest BCUT2D eigenvalue weighted by Gasteiger charge is 2.20. The number of nitrogens with one attached hydrogen (secondary N) is 2. The second-order valence-corrected chi connectivity index (χ2v) is 6.15. The van der Waals surface area contributed by atoms with Gasteiger partial charge in [-0.1, -0.05) is 0 Å². The van der Waals surface area contributed by atoms with Crippen molar-refractivity contribution in [2.45, 2.75) is 11.0 Å². The van der Waals surface area contributed by atoms with Gasteiger partial charge in [0.2, 0.25) is 10.0 Å². The van der Waals surface area contributed by atoms with E-state index in [1.54, 1.807) is 18.2 Å². The molecule has 2 aromatic rings. The molecule has 1 aromatic carbocycles. The van der Waals surface area contributed by atoms with Crippen LogP contribution in [0.5, 0.6) is 0 Å². The summed E-state index contributed by atoms with van der Waals surface area (Å²) < 4.78 is 31.5. The maximum atomic E-state index is 12.2. The predicted octanol–water partition coefficient (Wildman–Crippen LogP) is 0.0357. The van der Waals surface area contributed by atoms with Crippen molar-refractivity contribution in [1.82, 2.24) is 9.71 Å². The van der Waals surface area contributed by atoms with Crippen molar-refractivity contribution >= 4 is 26.6 Å². The molecule has 0 radical (unpaired) electrons. The Labute approximate surface area is 116 Å². The van der Waals surface area contributed by atoms with Gasteiger partial charge in [-0.3, -0.25) is 0 Å². The number of fused-ring (bicyclic) bond motifs is 1. The number of rotatable bonds is 6. The Kier molecular flexibility index (Phi) is 4.29. The molecule has 0 saturated heterocycles. The van der Waals surface area contributed by atoms with Gasteiger partial charge in [0.05, 0.1) is 12.7 Å². The Morgan fingerprint density at radius 3 is 2.95 bits per heavy atom. The SMILES string of the molecule is COCC(O)CNS(=O)(=O)c1c[nH]c2cc(N)ccc12.